The van der Waals surface area contributed by atoms with Crippen LogP contribution in [0, 0.1) is 5.82 Å². The lowest BCUT2D eigenvalue weighted by Gasteiger charge is -2.09. The van der Waals surface area contributed by atoms with E-state index in [1.165, 1.54) is 6.07 Å². The van der Waals surface area contributed by atoms with E-state index in [-0.39, 0.29) is 5.82 Å². The molecule has 0 radical (unpaired) electrons. The lowest BCUT2D eigenvalue weighted by molar-refractivity contribution is -0.138. The smallest absolute Gasteiger partial charge is 0.320 e. The molecule has 0 unspecified atom stereocenters. The van der Waals surface area contributed by atoms with Gasteiger partial charge in [-0.15, -0.1) is 0 Å². The van der Waals surface area contributed by atoms with Gasteiger partial charge in [0, 0.05) is 10.6 Å². The lowest BCUT2D eigenvalue weighted by atomic mass is 10.1. The predicted molar refractivity (Wildman–Crippen MR) is 64.8 cm³/mol. The molecule has 5 heteroatoms. The van der Waals surface area contributed by atoms with E-state index in [4.69, 9.17) is 16.7 Å². The van der Waals surface area contributed by atoms with E-state index in [2.05, 4.69) is 5.32 Å². The van der Waals surface area contributed by atoms with E-state index in [0.29, 0.717) is 30.0 Å². The second-order valence-electron chi connectivity index (χ2n) is 3.82. The number of hydrogen-bond acceptors (Lipinski definition) is 2. The van der Waals surface area contributed by atoms with Crippen LogP contribution in [0.5, 0.6) is 0 Å². The van der Waals surface area contributed by atoms with Crippen molar-refractivity contribution in [2.75, 3.05) is 6.54 Å². The number of nitrogens with one attached hydrogen (secondary N) is 1. The molecule has 3 nitrogen and oxygen atoms in total. The molecule has 1 atom stereocenters. The Morgan fingerprint density at radius 2 is 2.29 bits per heavy atom. The van der Waals surface area contributed by atoms with Gasteiger partial charge in [-0.2, -0.15) is 0 Å². The standard InChI is InChI=1S/C12H15ClFNO2/c1-8(12(16)17)15-7-3-4-9-10(13)5-2-6-11(9)14/h2,5-6,8,15H,3-4,7H2,1H3,(H,16,17)/t8-/m0/s1. The summed E-state index contributed by atoms with van der Waals surface area (Å²) in [5.41, 5.74) is 0.485. The van der Waals surface area contributed by atoms with Crippen molar-refractivity contribution in [3.05, 3.63) is 34.6 Å². The summed E-state index contributed by atoms with van der Waals surface area (Å²) in [6.45, 7) is 2.08. The zero-order chi connectivity index (χ0) is 12.8. The van der Waals surface area contributed by atoms with Crippen molar-refractivity contribution in [1.29, 1.82) is 0 Å². The predicted octanol–water partition coefficient (Wildman–Crippen LogP) is 2.47. The molecular weight excluding hydrogens is 245 g/mol. The second-order valence-corrected chi connectivity index (χ2v) is 4.23. The van der Waals surface area contributed by atoms with E-state index in [1.54, 1.807) is 19.1 Å². The van der Waals surface area contributed by atoms with Crippen LogP contribution >= 0.6 is 11.6 Å². The van der Waals surface area contributed by atoms with Gasteiger partial charge in [0.1, 0.15) is 11.9 Å². The van der Waals surface area contributed by atoms with Gasteiger partial charge in [-0.3, -0.25) is 4.79 Å². The van der Waals surface area contributed by atoms with Crippen molar-refractivity contribution >= 4 is 17.6 Å². The maximum Gasteiger partial charge on any atom is 0.320 e. The fourth-order valence-electron chi connectivity index (χ4n) is 1.44. The Morgan fingerprint density at radius 3 is 2.88 bits per heavy atom. The zero-order valence-electron chi connectivity index (χ0n) is 9.54. The van der Waals surface area contributed by atoms with Gasteiger partial charge in [-0.05, 0) is 38.4 Å². The highest BCUT2D eigenvalue weighted by atomic mass is 35.5. The maximum absolute atomic E-state index is 13.4. The highest BCUT2D eigenvalue weighted by Gasteiger charge is 2.10. The largest absolute Gasteiger partial charge is 0.480 e. The third kappa shape index (κ3) is 4.32. The Labute approximate surface area is 105 Å². The third-order valence-electron chi connectivity index (χ3n) is 2.49. The van der Waals surface area contributed by atoms with Crippen molar-refractivity contribution in [2.45, 2.75) is 25.8 Å². The van der Waals surface area contributed by atoms with Crippen molar-refractivity contribution in [3.63, 3.8) is 0 Å². The number of rotatable bonds is 6. The van der Waals surface area contributed by atoms with Crippen molar-refractivity contribution in [3.8, 4) is 0 Å². The molecule has 94 valence electrons. The van der Waals surface area contributed by atoms with Gasteiger partial charge in [0.25, 0.3) is 0 Å². The van der Waals surface area contributed by atoms with Crippen LogP contribution in [-0.2, 0) is 11.2 Å². The number of carbonyl (C=O) groups is 1. The highest BCUT2D eigenvalue weighted by molar-refractivity contribution is 6.31. The van der Waals surface area contributed by atoms with Crippen molar-refractivity contribution < 1.29 is 14.3 Å². The topological polar surface area (TPSA) is 49.3 Å². The summed E-state index contributed by atoms with van der Waals surface area (Å²) in [6, 6.07) is 3.99. The summed E-state index contributed by atoms with van der Waals surface area (Å²) in [6.07, 6.45) is 1.13. The first kappa shape index (κ1) is 13.9. The first-order valence-electron chi connectivity index (χ1n) is 5.41. The van der Waals surface area contributed by atoms with Crippen LogP contribution in [0.25, 0.3) is 0 Å². The SMILES string of the molecule is C[C@H](NCCCc1c(F)cccc1Cl)C(=O)O. The molecule has 0 aliphatic carbocycles. The normalized spacial score (nSPS) is 12.4. The molecule has 0 aromatic heterocycles. The number of carboxylic acids is 1. The number of halogens is 2. The quantitative estimate of drug-likeness (QED) is 0.772. The van der Waals surface area contributed by atoms with Gasteiger partial charge < -0.3 is 10.4 Å². The molecule has 17 heavy (non-hydrogen) atoms. The minimum atomic E-state index is -0.895. The maximum atomic E-state index is 13.4. The van der Waals surface area contributed by atoms with Crippen LogP contribution in [0.4, 0.5) is 4.39 Å². The lowest BCUT2D eigenvalue weighted by Crippen LogP contribution is -2.34. The summed E-state index contributed by atoms with van der Waals surface area (Å²) < 4.78 is 13.4. The molecule has 1 aromatic carbocycles. The Kier molecular flexibility index (Phi) is 5.38. The molecule has 0 saturated carbocycles. The molecule has 0 aliphatic rings. The second kappa shape index (κ2) is 6.57. The van der Waals surface area contributed by atoms with E-state index in [1.807, 2.05) is 0 Å². The van der Waals surface area contributed by atoms with E-state index in [9.17, 15) is 9.18 Å². The monoisotopic (exact) mass is 259 g/mol. The molecule has 1 rings (SSSR count). The highest BCUT2D eigenvalue weighted by Crippen LogP contribution is 2.20. The number of carboxylic acid groups (broad SMARTS) is 1. The minimum Gasteiger partial charge on any atom is -0.480 e. The van der Waals surface area contributed by atoms with Crippen LogP contribution in [-0.4, -0.2) is 23.7 Å². The number of hydrogen-bond donors (Lipinski definition) is 2. The van der Waals surface area contributed by atoms with Crippen molar-refractivity contribution in [2.24, 2.45) is 0 Å². The zero-order valence-corrected chi connectivity index (χ0v) is 10.3. The van der Waals surface area contributed by atoms with Crippen LogP contribution in [0.3, 0.4) is 0 Å². The van der Waals surface area contributed by atoms with Crippen LogP contribution in [0.1, 0.15) is 18.9 Å². The molecule has 0 fully saturated rings. The van der Waals surface area contributed by atoms with Crippen LogP contribution < -0.4 is 5.32 Å². The van der Waals surface area contributed by atoms with Gasteiger partial charge >= 0.3 is 5.97 Å². The molecule has 0 spiro atoms. The minimum absolute atomic E-state index is 0.316. The Bertz CT molecular complexity index is 378. The summed E-state index contributed by atoms with van der Waals surface area (Å²) in [4.78, 5) is 10.5. The molecule has 0 amide bonds. The first-order chi connectivity index (χ1) is 8.02. The summed E-state index contributed by atoms with van der Waals surface area (Å²) in [7, 11) is 0. The van der Waals surface area contributed by atoms with Gasteiger partial charge in [0.05, 0.1) is 0 Å². The molecule has 0 heterocycles. The molecule has 2 N–H and O–H groups in total. The van der Waals surface area contributed by atoms with E-state index >= 15 is 0 Å². The fraction of sp³-hybridized carbons (Fsp3) is 0.417. The Balaban J connectivity index is 2.39. The molecule has 1 aromatic rings. The third-order valence-corrected chi connectivity index (χ3v) is 2.84. The average Bonchev–Trinajstić information content (AvgIpc) is 2.27. The number of benzene rings is 1. The Hall–Kier alpha value is -1.13. The van der Waals surface area contributed by atoms with Crippen molar-refractivity contribution in [1.82, 2.24) is 5.32 Å². The average molecular weight is 260 g/mol. The first-order valence-corrected chi connectivity index (χ1v) is 5.79. The Morgan fingerprint density at radius 1 is 1.59 bits per heavy atom. The number of aliphatic carboxylic acids is 1. The molecule has 0 saturated heterocycles. The summed E-state index contributed by atoms with van der Waals surface area (Å²) >= 11 is 5.87. The fourth-order valence-corrected chi connectivity index (χ4v) is 1.70. The summed E-state index contributed by atoms with van der Waals surface area (Å²) in [5, 5.41) is 11.9. The van der Waals surface area contributed by atoms with E-state index < -0.39 is 12.0 Å². The van der Waals surface area contributed by atoms with E-state index in [0.717, 1.165) is 0 Å². The molecule has 0 bridgehead atoms. The molecule has 0 aliphatic heterocycles. The van der Waals surface area contributed by atoms with Gasteiger partial charge in [-0.1, -0.05) is 17.7 Å². The van der Waals surface area contributed by atoms with Gasteiger partial charge in [-0.25, -0.2) is 4.39 Å². The van der Waals surface area contributed by atoms with Crippen LogP contribution in [0.15, 0.2) is 18.2 Å². The molecular formula is C12H15ClFNO2. The summed E-state index contributed by atoms with van der Waals surface area (Å²) in [5.74, 6) is -1.21. The van der Waals surface area contributed by atoms with Gasteiger partial charge in [0.15, 0.2) is 0 Å². The van der Waals surface area contributed by atoms with Crippen LogP contribution in [0.2, 0.25) is 5.02 Å². The van der Waals surface area contributed by atoms with Gasteiger partial charge in [0.2, 0.25) is 0 Å².